The second-order valence-corrected chi connectivity index (χ2v) is 5.73. The number of hydrogen-bond donors (Lipinski definition) is 1. The van der Waals surface area contributed by atoms with E-state index in [0.29, 0.717) is 4.75 Å². The summed E-state index contributed by atoms with van der Waals surface area (Å²) in [6.45, 7) is 2.14. The molecule has 2 rings (SSSR count). The Bertz CT molecular complexity index is 310. The Morgan fingerprint density at radius 2 is 2.33 bits per heavy atom. The van der Waals surface area contributed by atoms with Crippen molar-refractivity contribution in [2.24, 2.45) is 7.05 Å². The van der Waals surface area contributed by atoms with Gasteiger partial charge in [0.15, 0.2) is 0 Å². The third-order valence-electron chi connectivity index (χ3n) is 3.50. The molecule has 0 unspecified atom stereocenters. The van der Waals surface area contributed by atoms with Crippen molar-refractivity contribution in [3.05, 3.63) is 24.0 Å². The van der Waals surface area contributed by atoms with Crippen LogP contribution < -0.4 is 5.32 Å². The third kappa shape index (κ3) is 2.40. The summed E-state index contributed by atoms with van der Waals surface area (Å²) in [4.78, 5) is 0. The van der Waals surface area contributed by atoms with Crippen LogP contribution in [0.3, 0.4) is 0 Å². The molecule has 0 bridgehead atoms. The van der Waals surface area contributed by atoms with Gasteiger partial charge < -0.3 is 9.88 Å². The van der Waals surface area contributed by atoms with Crippen molar-refractivity contribution in [1.29, 1.82) is 0 Å². The molecule has 15 heavy (non-hydrogen) atoms. The highest BCUT2D eigenvalue weighted by atomic mass is 32.2. The first-order valence-electron chi connectivity index (χ1n) is 5.62. The van der Waals surface area contributed by atoms with E-state index in [1.807, 2.05) is 11.8 Å². The lowest BCUT2D eigenvalue weighted by Crippen LogP contribution is -2.43. The summed E-state index contributed by atoms with van der Waals surface area (Å²) in [5.74, 6) is 0. The SMILES string of the molecule is CSC1(CNCc2cccn2C)CCC1. The third-order valence-corrected chi connectivity index (χ3v) is 4.92. The summed E-state index contributed by atoms with van der Waals surface area (Å²) in [5, 5.41) is 3.58. The smallest absolute Gasteiger partial charge is 0.0359 e. The number of rotatable bonds is 5. The molecule has 1 heterocycles. The van der Waals surface area contributed by atoms with Crippen LogP contribution in [0.25, 0.3) is 0 Å². The minimum Gasteiger partial charge on any atom is -0.353 e. The molecule has 0 spiro atoms. The zero-order valence-corrected chi connectivity index (χ0v) is 10.4. The minimum absolute atomic E-state index is 0.547. The zero-order chi connectivity index (χ0) is 10.7. The fourth-order valence-corrected chi connectivity index (χ4v) is 3.07. The lowest BCUT2D eigenvalue weighted by atomic mass is 9.84. The summed E-state index contributed by atoms with van der Waals surface area (Å²) in [6, 6.07) is 4.28. The van der Waals surface area contributed by atoms with Crippen molar-refractivity contribution >= 4 is 11.8 Å². The van der Waals surface area contributed by atoms with Crippen molar-refractivity contribution in [2.75, 3.05) is 12.8 Å². The van der Waals surface area contributed by atoms with Gasteiger partial charge in [-0.2, -0.15) is 11.8 Å². The molecular formula is C12H20N2S. The molecule has 0 aromatic carbocycles. The van der Waals surface area contributed by atoms with E-state index < -0.39 is 0 Å². The Morgan fingerprint density at radius 3 is 2.80 bits per heavy atom. The molecule has 0 aliphatic heterocycles. The van der Waals surface area contributed by atoms with E-state index in [1.165, 1.54) is 25.0 Å². The molecule has 0 atom stereocenters. The summed E-state index contributed by atoms with van der Waals surface area (Å²) >= 11 is 2.03. The molecule has 1 aromatic rings. The number of aromatic nitrogens is 1. The molecule has 1 fully saturated rings. The Labute approximate surface area is 96.4 Å². The van der Waals surface area contributed by atoms with E-state index in [4.69, 9.17) is 0 Å². The second kappa shape index (κ2) is 4.62. The maximum atomic E-state index is 3.58. The molecule has 0 amide bonds. The highest BCUT2D eigenvalue weighted by molar-refractivity contribution is 8.00. The fourth-order valence-electron chi connectivity index (χ4n) is 2.12. The van der Waals surface area contributed by atoms with Gasteiger partial charge in [-0.3, -0.25) is 0 Å². The van der Waals surface area contributed by atoms with Crippen LogP contribution in [0, 0.1) is 0 Å². The molecule has 1 aliphatic carbocycles. The molecule has 1 aliphatic rings. The first-order chi connectivity index (χ1) is 7.26. The first kappa shape index (κ1) is 11.1. The molecule has 2 nitrogen and oxygen atoms in total. The van der Waals surface area contributed by atoms with Gasteiger partial charge in [0.1, 0.15) is 0 Å². The lowest BCUT2D eigenvalue weighted by molar-refractivity contribution is 0.344. The molecule has 3 heteroatoms. The van der Waals surface area contributed by atoms with Crippen molar-refractivity contribution < 1.29 is 0 Å². The van der Waals surface area contributed by atoms with Gasteiger partial charge in [0.05, 0.1) is 0 Å². The molecule has 1 N–H and O–H groups in total. The summed E-state index contributed by atoms with van der Waals surface area (Å²) in [6.07, 6.45) is 8.52. The van der Waals surface area contributed by atoms with Crippen molar-refractivity contribution in [3.8, 4) is 0 Å². The quantitative estimate of drug-likeness (QED) is 0.827. The standard InChI is InChI=1S/C12H20N2S/c1-14-8-3-5-11(14)9-13-10-12(15-2)6-4-7-12/h3,5,8,13H,4,6-7,9-10H2,1-2H3. The molecular weight excluding hydrogens is 204 g/mol. The van der Waals surface area contributed by atoms with Gasteiger partial charge in [0, 0.05) is 36.8 Å². The van der Waals surface area contributed by atoms with Crippen LogP contribution >= 0.6 is 11.8 Å². The first-order valence-corrected chi connectivity index (χ1v) is 6.84. The van der Waals surface area contributed by atoms with E-state index in [2.05, 4.69) is 41.5 Å². The number of nitrogens with zero attached hydrogens (tertiary/aromatic N) is 1. The van der Waals surface area contributed by atoms with Crippen molar-refractivity contribution in [3.63, 3.8) is 0 Å². The van der Waals surface area contributed by atoms with Gasteiger partial charge >= 0.3 is 0 Å². The predicted octanol–water partition coefficient (Wildman–Crippen LogP) is 2.40. The molecule has 0 saturated heterocycles. The molecule has 1 aromatic heterocycles. The Hall–Kier alpha value is -0.410. The monoisotopic (exact) mass is 224 g/mol. The van der Waals surface area contributed by atoms with Gasteiger partial charge in [-0.05, 0) is 31.2 Å². The van der Waals surface area contributed by atoms with Crippen LogP contribution in [0.2, 0.25) is 0 Å². The maximum Gasteiger partial charge on any atom is 0.0359 e. The Kier molecular flexibility index (Phi) is 3.42. The highest BCUT2D eigenvalue weighted by Crippen LogP contribution is 2.42. The number of aryl methyl sites for hydroxylation is 1. The van der Waals surface area contributed by atoms with Gasteiger partial charge in [-0.1, -0.05) is 6.42 Å². The largest absolute Gasteiger partial charge is 0.353 e. The molecule has 0 radical (unpaired) electrons. The van der Waals surface area contributed by atoms with Crippen LogP contribution in [0.1, 0.15) is 25.0 Å². The van der Waals surface area contributed by atoms with Crippen LogP contribution in [0.5, 0.6) is 0 Å². The normalized spacial score (nSPS) is 18.8. The van der Waals surface area contributed by atoms with E-state index in [9.17, 15) is 0 Å². The van der Waals surface area contributed by atoms with E-state index in [0.717, 1.165) is 13.1 Å². The Morgan fingerprint density at radius 1 is 1.53 bits per heavy atom. The van der Waals surface area contributed by atoms with E-state index >= 15 is 0 Å². The van der Waals surface area contributed by atoms with Crippen LogP contribution in [-0.4, -0.2) is 22.1 Å². The van der Waals surface area contributed by atoms with Crippen LogP contribution in [0.4, 0.5) is 0 Å². The van der Waals surface area contributed by atoms with Gasteiger partial charge in [-0.25, -0.2) is 0 Å². The molecule has 84 valence electrons. The van der Waals surface area contributed by atoms with Crippen molar-refractivity contribution in [1.82, 2.24) is 9.88 Å². The van der Waals surface area contributed by atoms with Gasteiger partial charge in [-0.15, -0.1) is 0 Å². The zero-order valence-electron chi connectivity index (χ0n) is 9.62. The number of thioether (sulfide) groups is 1. The topological polar surface area (TPSA) is 17.0 Å². The van der Waals surface area contributed by atoms with E-state index in [-0.39, 0.29) is 0 Å². The van der Waals surface area contributed by atoms with Gasteiger partial charge in [0.2, 0.25) is 0 Å². The maximum absolute atomic E-state index is 3.58. The van der Waals surface area contributed by atoms with Crippen LogP contribution in [0.15, 0.2) is 18.3 Å². The second-order valence-electron chi connectivity index (χ2n) is 4.45. The summed E-state index contributed by atoms with van der Waals surface area (Å²) < 4.78 is 2.73. The van der Waals surface area contributed by atoms with Gasteiger partial charge in [0.25, 0.3) is 0 Å². The number of hydrogen-bond acceptors (Lipinski definition) is 2. The van der Waals surface area contributed by atoms with Crippen LogP contribution in [-0.2, 0) is 13.6 Å². The Balaban J connectivity index is 1.77. The predicted molar refractivity (Wildman–Crippen MR) is 67.2 cm³/mol. The summed E-state index contributed by atoms with van der Waals surface area (Å²) in [7, 11) is 2.10. The average Bonchev–Trinajstić information content (AvgIpc) is 2.57. The highest BCUT2D eigenvalue weighted by Gasteiger charge is 2.35. The van der Waals surface area contributed by atoms with Crippen molar-refractivity contribution in [2.45, 2.75) is 30.6 Å². The number of nitrogens with one attached hydrogen (secondary N) is 1. The average molecular weight is 224 g/mol. The molecule has 1 saturated carbocycles. The minimum atomic E-state index is 0.547. The van der Waals surface area contributed by atoms with E-state index in [1.54, 1.807) is 0 Å². The summed E-state index contributed by atoms with van der Waals surface area (Å²) in [5.41, 5.74) is 1.37. The lowest BCUT2D eigenvalue weighted by Gasteiger charge is -2.40. The fraction of sp³-hybridized carbons (Fsp3) is 0.667.